The second-order valence-corrected chi connectivity index (χ2v) is 8.24. The number of aromatic nitrogens is 2. The third-order valence-electron chi connectivity index (χ3n) is 4.43. The number of anilines is 1. The van der Waals surface area contributed by atoms with E-state index in [-0.39, 0.29) is 5.91 Å². The average molecular weight is 388 g/mol. The number of nitrogens with one attached hydrogen (secondary N) is 1. The molecule has 0 atom stereocenters. The van der Waals surface area contributed by atoms with Crippen molar-refractivity contribution in [3.8, 4) is 0 Å². The Balaban J connectivity index is 1.18. The number of piperazine rings is 1. The molecular weight excluding hydrogens is 366 g/mol. The molecule has 6 nitrogen and oxygen atoms in total. The van der Waals surface area contributed by atoms with Gasteiger partial charge in [-0.25, -0.2) is 9.97 Å². The van der Waals surface area contributed by atoms with Crippen molar-refractivity contribution in [2.45, 2.75) is 6.42 Å². The summed E-state index contributed by atoms with van der Waals surface area (Å²) in [7, 11) is 0. The molecule has 26 heavy (non-hydrogen) atoms. The van der Waals surface area contributed by atoms with Crippen molar-refractivity contribution in [2.75, 3.05) is 44.2 Å². The summed E-state index contributed by atoms with van der Waals surface area (Å²) in [6, 6.07) is 8.14. The molecule has 3 aromatic rings. The number of carbonyl (C=O) groups excluding carboxylic acids is 1. The number of benzene rings is 1. The van der Waals surface area contributed by atoms with Crippen molar-refractivity contribution in [3.63, 3.8) is 0 Å². The standard InChI is InChI=1S/C18H21N5OS2/c24-16(13-22-8-10-23(11-9-22)18-20-7-12-25-18)19-6-5-17-21-14-3-1-2-4-15(14)26-17/h1-4,7,12H,5-6,8-11,13H2,(H,19,24). The number of amides is 1. The molecule has 1 aliphatic rings. The van der Waals surface area contributed by atoms with Crippen molar-refractivity contribution < 1.29 is 4.79 Å². The highest BCUT2D eigenvalue weighted by Crippen LogP contribution is 2.21. The van der Waals surface area contributed by atoms with Gasteiger partial charge in [0, 0.05) is 50.7 Å². The fraction of sp³-hybridized carbons (Fsp3) is 0.389. The molecule has 1 saturated heterocycles. The maximum atomic E-state index is 12.2. The summed E-state index contributed by atoms with van der Waals surface area (Å²) in [5.41, 5.74) is 1.04. The van der Waals surface area contributed by atoms with Crippen LogP contribution in [0.25, 0.3) is 10.2 Å². The first-order valence-electron chi connectivity index (χ1n) is 8.76. The number of para-hydroxylation sites is 1. The molecule has 1 aliphatic heterocycles. The third-order valence-corrected chi connectivity index (χ3v) is 6.36. The van der Waals surface area contributed by atoms with E-state index in [1.165, 1.54) is 4.70 Å². The molecule has 0 spiro atoms. The van der Waals surface area contributed by atoms with Crippen LogP contribution in [-0.4, -0.2) is 60.0 Å². The Morgan fingerprint density at radius 2 is 2.04 bits per heavy atom. The zero-order valence-electron chi connectivity index (χ0n) is 14.4. The Labute approximate surface area is 160 Å². The minimum Gasteiger partial charge on any atom is -0.355 e. The maximum Gasteiger partial charge on any atom is 0.234 e. The van der Waals surface area contributed by atoms with Crippen LogP contribution in [0.4, 0.5) is 5.13 Å². The number of nitrogens with zero attached hydrogens (tertiary/aromatic N) is 4. The molecule has 8 heteroatoms. The predicted molar refractivity (Wildman–Crippen MR) is 107 cm³/mol. The quantitative estimate of drug-likeness (QED) is 0.703. The number of fused-ring (bicyclic) bond motifs is 1. The van der Waals surface area contributed by atoms with Crippen molar-refractivity contribution in [1.29, 1.82) is 0 Å². The van der Waals surface area contributed by atoms with Crippen molar-refractivity contribution in [3.05, 3.63) is 40.8 Å². The first-order valence-corrected chi connectivity index (χ1v) is 10.5. The average Bonchev–Trinajstić information content (AvgIpc) is 3.32. The number of hydrogen-bond donors (Lipinski definition) is 1. The van der Waals surface area contributed by atoms with E-state index in [0.29, 0.717) is 13.1 Å². The van der Waals surface area contributed by atoms with Gasteiger partial charge in [-0.1, -0.05) is 12.1 Å². The van der Waals surface area contributed by atoms with E-state index in [1.54, 1.807) is 22.7 Å². The summed E-state index contributed by atoms with van der Waals surface area (Å²) in [6.07, 6.45) is 2.62. The van der Waals surface area contributed by atoms with Gasteiger partial charge in [0.15, 0.2) is 5.13 Å². The molecule has 136 valence electrons. The van der Waals surface area contributed by atoms with Gasteiger partial charge in [0.05, 0.1) is 21.8 Å². The Morgan fingerprint density at radius 1 is 1.19 bits per heavy atom. The lowest BCUT2D eigenvalue weighted by Crippen LogP contribution is -2.49. The van der Waals surface area contributed by atoms with E-state index < -0.39 is 0 Å². The number of rotatable bonds is 6. The minimum atomic E-state index is 0.0915. The van der Waals surface area contributed by atoms with Crippen molar-refractivity contribution in [1.82, 2.24) is 20.2 Å². The number of thiazole rings is 2. The van der Waals surface area contributed by atoms with Gasteiger partial charge < -0.3 is 10.2 Å². The third kappa shape index (κ3) is 4.20. The molecule has 0 radical (unpaired) electrons. The lowest BCUT2D eigenvalue weighted by molar-refractivity contribution is -0.122. The molecule has 1 amide bonds. The van der Waals surface area contributed by atoms with Crippen LogP contribution in [0, 0.1) is 0 Å². The molecular formula is C18H21N5OS2. The highest BCUT2D eigenvalue weighted by atomic mass is 32.1. The molecule has 0 aliphatic carbocycles. The zero-order chi connectivity index (χ0) is 17.8. The molecule has 1 N–H and O–H groups in total. The van der Waals surface area contributed by atoms with Gasteiger partial charge in [-0.15, -0.1) is 22.7 Å². The van der Waals surface area contributed by atoms with Crippen LogP contribution in [0.2, 0.25) is 0 Å². The van der Waals surface area contributed by atoms with E-state index in [4.69, 9.17) is 0 Å². The van der Waals surface area contributed by atoms with Gasteiger partial charge >= 0.3 is 0 Å². The Hall–Kier alpha value is -2.03. The SMILES string of the molecule is O=C(CN1CCN(c2nccs2)CC1)NCCc1nc2ccccc2s1. The molecule has 0 unspecified atom stereocenters. The molecule has 1 aromatic carbocycles. The molecule has 3 heterocycles. The van der Waals surface area contributed by atoms with E-state index in [2.05, 4.69) is 31.2 Å². The Morgan fingerprint density at radius 3 is 2.81 bits per heavy atom. The summed E-state index contributed by atoms with van der Waals surface area (Å²) in [4.78, 5) is 25.6. The molecule has 2 aromatic heterocycles. The highest BCUT2D eigenvalue weighted by Gasteiger charge is 2.20. The van der Waals surface area contributed by atoms with Crippen molar-refractivity contribution >= 4 is 43.9 Å². The molecule has 1 fully saturated rings. The monoisotopic (exact) mass is 387 g/mol. The smallest absolute Gasteiger partial charge is 0.234 e. The van der Waals surface area contributed by atoms with Gasteiger partial charge in [0.25, 0.3) is 0 Å². The van der Waals surface area contributed by atoms with Crippen molar-refractivity contribution in [2.24, 2.45) is 0 Å². The largest absolute Gasteiger partial charge is 0.355 e. The van der Waals surface area contributed by atoms with Crippen LogP contribution in [0.5, 0.6) is 0 Å². The zero-order valence-corrected chi connectivity index (χ0v) is 16.1. The van der Waals surface area contributed by atoms with E-state index in [9.17, 15) is 4.79 Å². The minimum absolute atomic E-state index is 0.0915. The van der Waals surface area contributed by atoms with Gasteiger partial charge in [-0.3, -0.25) is 9.69 Å². The summed E-state index contributed by atoms with van der Waals surface area (Å²) in [5, 5.41) is 7.17. The lowest BCUT2D eigenvalue weighted by atomic mass is 10.3. The Bertz CT molecular complexity index is 822. The number of hydrogen-bond acceptors (Lipinski definition) is 7. The Kier molecular flexibility index (Phi) is 5.42. The normalized spacial score (nSPS) is 15.5. The van der Waals surface area contributed by atoms with Gasteiger partial charge in [0.1, 0.15) is 0 Å². The second kappa shape index (κ2) is 8.11. The summed E-state index contributed by atoms with van der Waals surface area (Å²) < 4.78 is 1.20. The maximum absolute atomic E-state index is 12.2. The van der Waals surface area contributed by atoms with Gasteiger partial charge in [-0.05, 0) is 12.1 Å². The lowest BCUT2D eigenvalue weighted by Gasteiger charge is -2.34. The number of carbonyl (C=O) groups is 1. The van der Waals surface area contributed by atoms with Crippen LogP contribution >= 0.6 is 22.7 Å². The topological polar surface area (TPSA) is 61.4 Å². The molecule has 4 rings (SSSR count). The van der Waals surface area contributed by atoms with Crippen LogP contribution < -0.4 is 10.2 Å². The predicted octanol–water partition coefficient (Wildman–Crippen LogP) is 2.23. The first kappa shape index (κ1) is 17.4. The fourth-order valence-corrected chi connectivity index (χ4v) is 4.73. The fourth-order valence-electron chi connectivity index (χ4n) is 3.06. The summed E-state index contributed by atoms with van der Waals surface area (Å²) in [5.74, 6) is 0.0915. The molecule has 0 bridgehead atoms. The summed E-state index contributed by atoms with van der Waals surface area (Å²) in [6.45, 7) is 4.73. The van der Waals surface area contributed by atoms with Crippen LogP contribution in [0.1, 0.15) is 5.01 Å². The van der Waals surface area contributed by atoms with Crippen LogP contribution in [-0.2, 0) is 11.2 Å². The second-order valence-electron chi connectivity index (χ2n) is 6.25. The van der Waals surface area contributed by atoms with Gasteiger partial charge in [-0.2, -0.15) is 0 Å². The molecule has 0 saturated carbocycles. The highest BCUT2D eigenvalue weighted by molar-refractivity contribution is 7.18. The van der Waals surface area contributed by atoms with Crippen LogP contribution in [0.15, 0.2) is 35.8 Å². The first-order chi connectivity index (χ1) is 12.8. The summed E-state index contributed by atoms with van der Waals surface area (Å²) >= 11 is 3.37. The van der Waals surface area contributed by atoms with Gasteiger partial charge in [0.2, 0.25) is 5.91 Å². The van der Waals surface area contributed by atoms with Crippen LogP contribution in [0.3, 0.4) is 0 Å². The van der Waals surface area contributed by atoms with E-state index >= 15 is 0 Å². The van der Waals surface area contributed by atoms with E-state index in [1.807, 2.05) is 29.8 Å². The van der Waals surface area contributed by atoms with E-state index in [0.717, 1.165) is 48.3 Å².